The topological polar surface area (TPSA) is 35.5 Å². The summed E-state index contributed by atoms with van der Waals surface area (Å²) in [7, 11) is 1.87. The van der Waals surface area contributed by atoms with Crippen molar-refractivity contribution in [3.63, 3.8) is 0 Å². The van der Waals surface area contributed by atoms with E-state index in [4.69, 9.17) is 12.2 Å². The Kier molecular flexibility index (Phi) is 5.22. The van der Waals surface area contributed by atoms with Crippen LogP contribution >= 0.6 is 12.2 Å². The lowest BCUT2D eigenvalue weighted by molar-refractivity contribution is 0.167. The molecule has 2 N–H and O–H groups in total. The molecule has 0 fully saturated rings. The molecule has 0 heterocycles. The van der Waals surface area contributed by atoms with Crippen LogP contribution in [0, 0.1) is 0 Å². The molecule has 0 radical (unpaired) electrons. The van der Waals surface area contributed by atoms with E-state index in [0.29, 0.717) is 18.2 Å². The molecule has 1 aromatic carbocycles. The molecule has 0 amide bonds. The molecule has 0 aromatic heterocycles. The second kappa shape index (κ2) is 6.45. The standard InChI is InChI=1S/C12H18N2OS/c1-10(15)9-14(2)12(16)13-8-11-6-4-3-5-7-11/h3-7,10,15H,8-9H2,1-2H3,(H,13,16). The molecule has 1 atom stereocenters. The molecule has 16 heavy (non-hydrogen) atoms. The number of nitrogens with zero attached hydrogens (tertiary/aromatic N) is 1. The number of benzene rings is 1. The van der Waals surface area contributed by atoms with Crippen molar-refractivity contribution in [1.29, 1.82) is 0 Å². The molecule has 1 rings (SSSR count). The number of hydrogen-bond acceptors (Lipinski definition) is 2. The van der Waals surface area contributed by atoms with Gasteiger partial charge in [-0.2, -0.15) is 0 Å². The smallest absolute Gasteiger partial charge is 0.169 e. The van der Waals surface area contributed by atoms with Crippen molar-refractivity contribution in [2.45, 2.75) is 19.6 Å². The van der Waals surface area contributed by atoms with Gasteiger partial charge in [0.05, 0.1) is 6.10 Å². The summed E-state index contributed by atoms with van der Waals surface area (Å²) in [4.78, 5) is 1.84. The van der Waals surface area contributed by atoms with Crippen LogP contribution in [0.2, 0.25) is 0 Å². The first-order valence-corrected chi connectivity index (χ1v) is 5.71. The van der Waals surface area contributed by atoms with Gasteiger partial charge in [-0.15, -0.1) is 0 Å². The van der Waals surface area contributed by atoms with Gasteiger partial charge in [-0.1, -0.05) is 30.3 Å². The zero-order valence-corrected chi connectivity index (χ0v) is 10.5. The molecular weight excluding hydrogens is 220 g/mol. The first kappa shape index (κ1) is 12.9. The fraction of sp³-hybridized carbons (Fsp3) is 0.417. The monoisotopic (exact) mass is 238 g/mol. The van der Waals surface area contributed by atoms with Crippen LogP contribution in [0.15, 0.2) is 30.3 Å². The molecule has 88 valence electrons. The summed E-state index contributed by atoms with van der Waals surface area (Å²) < 4.78 is 0. The van der Waals surface area contributed by atoms with E-state index in [1.165, 1.54) is 5.56 Å². The highest BCUT2D eigenvalue weighted by atomic mass is 32.1. The second-order valence-corrected chi connectivity index (χ2v) is 4.26. The van der Waals surface area contributed by atoms with Gasteiger partial charge >= 0.3 is 0 Å². The third-order valence-corrected chi connectivity index (χ3v) is 2.63. The van der Waals surface area contributed by atoms with Crippen LogP contribution in [-0.2, 0) is 6.54 Å². The Balaban J connectivity index is 2.35. The first-order valence-electron chi connectivity index (χ1n) is 5.30. The predicted octanol–water partition coefficient (Wildman–Crippen LogP) is 1.37. The van der Waals surface area contributed by atoms with E-state index in [-0.39, 0.29) is 6.10 Å². The van der Waals surface area contributed by atoms with E-state index in [0.717, 1.165) is 0 Å². The van der Waals surface area contributed by atoms with E-state index in [1.54, 1.807) is 6.92 Å². The van der Waals surface area contributed by atoms with Crippen LogP contribution < -0.4 is 5.32 Å². The lowest BCUT2D eigenvalue weighted by atomic mass is 10.2. The van der Waals surface area contributed by atoms with Gasteiger partial charge in [0, 0.05) is 20.1 Å². The van der Waals surface area contributed by atoms with Crippen molar-refractivity contribution in [3.8, 4) is 0 Å². The Hall–Kier alpha value is -1.13. The number of aliphatic hydroxyl groups is 1. The summed E-state index contributed by atoms with van der Waals surface area (Å²) in [6.45, 7) is 3.00. The third-order valence-electron chi connectivity index (χ3n) is 2.17. The third kappa shape index (κ3) is 4.59. The largest absolute Gasteiger partial charge is 0.392 e. The average Bonchev–Trinajstić information content (AvgIpc) is 2.26. The molecule has 0 aliphatic heterocycles. The van der Waals surface area contributed by atoms with Crippen LogP contribution in [0.5, 0.6) is 0 Å². The van der Waals surface area contributed by atoms with E-state index in [2.05, 4.69) is 5.32 Å². The van der Waals surface area contributed by atoms with Gasteiger partial charge in [0.1, 0.15) is 0 Å². The highest BCUT2D eigenvalue weighted by molar-refractivity contribution is 7.80. The lowest BCUT2D eigenvalue weighted by Gasteiger charge is -2.22. The van der Waals surface area contributed by atoms with Gasteiger partial charge in [0.2, 0.25) is 0 Å². The predicted molar refractivity (Wildman–Crippen MR) is 70.2 cm³/mol. The van der Waals surface area contributed by atoms with Crippen molar-refractivity contribution in [2.75, 3.05) is 13.6 Å². The quantitative estimate of drug-likeness (QED) is 0.777. The van der Waals surface area contributed by atoms with Gasteiger partial charge in [0.25, 0.3) is 0 Å². The van der Waals surface area contributed by atoms with E-state index >= 15 is 0 Å². The van der Waals surface area contributed by atoms with Crippen molar-refractivity contribution >= 4 is 17.3 Å². The molecular formula is C12H18N2OS. The molecule has 0 aliphatic carbocycles. The Morgan fingerprint density at radius 3 is 2.62 bits per heavy atom. The van der Waals surface area contributed by atoms with Gasteiger partial charge in [0.15, 0.2) is 5.11 Å². The zero-order valence-electron chi connectivity index (χ0n) is 9.68. The molecule has 0 saturated carbocycles. The lowest BCUT2D eigenvalue weighted by Crippen LogP contribution is -2.40. The van der Waals surface area contributed by atoms with Gasteiger partial charge in [-0.3, -0.25) is 0 Å². The number of nitrogens with one attached hydrogen (secondary N) is 1. The maximum Gasteiger partial charge on any atom is 0.169 e. The SMILES string of the molecule is CC(O)CN(C)C(=S)NCc1ccccc1. The number of hydrogen-bond donors (Lipinski definition) is 2. The summed E-state index contributed by atoms with van der Waals surface area (Å²) >= 11 is 5.20. The molecule has 1 aromatic rings. The van der Waals surface area contributed by atoms with Gasteiger partial charge in [-0.05, 0) is 24.7 Å². The van der Waals surface area contributed by atoms with Gasteiger partial charge < -0.3 is 15.3 Å². The molecule has 0 bridgehead atoms. The minimum atomic E-state index is -0.374. The highest BCUT2D eigenvalue weighted by Crippen LogP contribution is 1.98. The van der Waals surface area contributed by atoms with Crippen molar-refractivity contribution in [3.05, 3.63) is 35.9 Å². The number of thiocarbonyl (C=S) groups is 1. The van der Waals surface area contributed by atoms with E-state index < -0.39 is 0 Å². The minimum absolute atomic E-state index is 0.374. The Morgan fingerprint density at radius 2 is 2.06 bits per heavy atom. The van der Waals surface area contributed by atoms with Crippen LogP contribution in [0.25, 0.3) is 0 Å². The Morgan fingerprint density at radius 1 is 1.44 bits per heavy atom. The molecule has 4 heteroatoms. The van der Waals surface area contributed by atoms with Crippen molar-refractivity contribution in [1.82, 2.24) is 10.2 Å². The minimum Gasteiger partial charge on any atom is -0.392 e. The Labute approximate surface area is 102 Å². The highest BCUT2D eigenvalue weighted by Gasteiger charge is 2.06. The van der Waals surface area contributed by atoms with Crippen molar-refractivity contribution in [2.24, 2.45) is 0 Å². The zero-order chi connectivity index (χ0) is 12.0. The molecule has 0 saturated heterocycles. The summed E-state index contributed by atoms with van der Waals surface area (Å²) in [5, 5.41) is 13.0. The van der Waals surface area contributed by atoms with Gasteiger partial charge in [-0.25, -0.2) is 0 Å². The molecule has 1 unspecified atom stereocenters. The summed E-state index contributed by atoms with van der Waals surface area (Å²) in [6.07, 6.45) is -0.374. The number of rotatable bonds is 4. The van der Waals surface area contributed by atoms with Crippen LogP contribution in [-0.4, -0.2) is 34.8 Å². The molecule has 3 nitrogen and oxygen atoms in total. The molecule has 0 aliphatic rings. The number of likely N-dealkylation sites (N-methyl/N-ethyl adjacent to an activating group) is 1. The first-order chi connectivity index (χ1) is 7.59. The maximum atomic E-state index is 9.23. The fourth-order valence-corrected chi connectivity index (χ4v) is 1.53. The normalized spacial score (nSPS) is 11.9. The van der Waals surface area contributed by atoms with Crippen molar-refractivity contribution < 1.29 is 5.11 Å². The summed E-state index contributed by atoms with van der Waals surface area (Å²) in [5.74, 6) is 0. The van der Waals surface area contributed by atoms with E-state index in [1.807, 2.05) is 42.3 Å². The molecule has 0 spiro atoms. The van der Waals surface area contributed by atoms with E-state index in [9.17, 15) is 5.11 Å². The summed E-state index contributed by atoms with van der Waals surface area (Å²) in [6, 6.07) is 10.1. The van der Waals surface area contributed by atoms with Crippen LogP contribution in [0.3, 0.4) is 0 Å². The fourth-order valence-electron chi connectivity index (χ4n) is 1.39. The van der Waals surface area contributed by atoms with Crippen LogP contribution in [0.4, 0.5) is 0 Å². The maximum absolute atomic E-state index is 9.23. The Bertz CT molecular complexity index is 327. The number of aliphatic hydroxyl groups excluding tert-OH is 1. The van der Waals surface area contributed by atoms with Crippen LogP contribution in [0.1, 0.15) is 12.5 Å². The summed E-state index contributed by atoms with van der Waals surface area (Å²) in [5.41, 5.74) is 1.19. The second-order valence-electron chi connectivity index (χ2n) is 3.87. The average molecular weight is 238 g/mol.